The molecule has 0 radical (unpaired) electrons. The highest BCUT2D eigenvalue weighted by molar-refractivity contribution is 9.10. The van der Waals surface area contributed by atoms with Crippen LogP contribution in [0.25, 0.3) is 0 Å². The van der Waals surface area contributed by atoms with Crippen LogP contribution in [-0.2, 0) is 17.9 Å². The van der Waals surface area contributed by atoms with Crippen LogP contribution < -0.4 is 5.32 Å². The number of hydrogen-bond donors (Lipinski definition) is 1. The minimum absolute atomic E-state index is 0.150. The number of nitrogens with zero attached hydrogens (tertiary/aromatic N) is 2. The third-order valence-corrected chi connectivity index (χ3v) is 3.75. The molecule has 3 aromatic heterocycles. The quantitative estimate of drug-likeness (QED) is 0.667. The number of hydrogen-bond acceptors (Lipinski definition) is 5. The average molecular weight is 390 g/mol. The molecule has 0 aliphatic heterocycles. The van der Waals surface area contributed by atoms with Crippen molar-refractivity contribution < 1.29 is 13.6 Å². The fraction of sp³-hybridized carbons (Fsp3) is 0.176. The molecule has 0 fully saturated rings. The summed E-state index contributed by atoms with van der Waals surface area (Å²) in [6.45, 7) is 1.21. The van der Waals surface area contributed by atoms with E-state index in [-0.39, 0.29) is 12.5 Å². The zero-order chi connectivity index (χ0) is 16.8. The van der Waals surface area contributed by atoms with E-state index in [2.05, 4.69) is 26.2 Å². The van der Waals surface area contributed by atoms with Crippen molar-refractivity contribution in [2.24, 2.45) is 0 Å². The molecule has 0 aliphatic carbocycles. The Hall–Kier alpha value is -2.38. The van der Waals surface area contributed by atoms with Crippen molar-refractivity contribution in [1.29, 1.82) is 0 Å². The van der Waals surface area contributed by atoms with Crippen LogP contribution in [0.5, 0.6) is 0 Å². The zero-order valence-electron chi connectivity index (χ0n) is 12.8. The van der Waals surface area contributed by atoms with Gasteiger partial charge in [0.05, 0.1) is 32.2 Å². The third kappa shape index (κ3) is 4.81. The molecule has 0 spiro atoms. The van der Waals surface area contributed by atoms with E-state index in [1.165, 1.54) is 0 Å². The molecule has 3 rings (SSSR count). The SMILES string of the molecule is O=C(CN(Cc1ccco1)Cc1ccco1)Nc1ccc(Br)cn1. The van der Waals surface area contributed by atoms with Gasteiger partial charge >= 0.3 is 0 Å². The number of carbonyl (C=O) groups is 1. The first kappa shape index (κ1) is 16.5. The standard InChI is InChI=1S/C17H16BrN3O3/c18-13-5-6-16(19-9-13)20-17(22)12-21(10-14-3-1-7-23-14)11-15-4-2-8-24-15/h1-9H,10-12H2,(H,19,20,22). The highest BCUT2D eigenvalue weighted by Crippen LogP contribution is 2.13. The number of anilines is 1. The van der Waals surface area contributed by atoms with E-state index >= 15 is 0 Å². The number of aromatic nitrogens is 1. The second-order valence-electron chi connectivity index (χ2n) is 5.21. The Morgan fingerprint density at radius 1 is 1.08 bits per heavy atom. The monoisotopic (exact) mass is 389 g/mol. The molecule has 6 nitrogen and oxygen atoms in total. The first-order chi connectivity index (χ1) is 11.7. The Bertz CT molecular complexity index is 719. The van der Waals surface area contributed by atoms with E-state index in [1.807, 2.05) is 35.2 Å². The Labute approximate surface area is 147 Å². The summed E-state index contributed by atoms with van der Waals surface area (Å²) in [5.74, 6) is 1.94. The van der Waals surface area contributed by atoms with Crippen LogP contribution in [0, 0.1) is 0 Å². The van der Waals surface area contributed by atoms with Gasteiger partial charge in [-0.3, -0.25) is 9.69 Å². The van der Waals surface area contributed by atoms with Crippen LogP contribution in [0.3, 0.4) is 0 Å². The minimum atomic E-state index is -0.150. The Kier molecular flexibility index (Phi) is 5.45. The summed E-state index contributed by atoms with van der Waals surface area (Å²) >= 11 is 3.31. The van der Waals surface area contributed by atoms with Gasteiger partial charge in [-0.1, -0.05) is 0 Å². The van der Waals surface area contributed by atoms with Crippen molar-refractivity contribution in [1.82, 2.24) is 9.88 Å². The normalized spacial score (nSPS) is 10.9. The summed E-state index contributed by atoms with van der Waals surface area (Å²) in [5.41, 5.74) is 0. The van der Waals surface area contributed by atoms with E-state index in [1.54, 1.807) is 24.8 Å². The predicted molar refractivity (Wildman–Crippen MR) is 92.1 cm³/mol. The van der Waals surface area contributed by atoms with Crippen LogP contribution in [-0.4, -0.2) is 22.3 Å². The second kappa shape index (κ2) is 7.94. The van der Waals surface area contributed by atoms with Gasteiger partial charge in [0.25, 0.3) is 0 Å². The van der Waals surface area contributed by atoms with Crippen LogP contribution in [0.1, 0.15) is 11.5 Å². The van der Waals surface area contributed by atoms with Gasteiger partial charge in [-0.15, -0.1) is 0 Å². The molecule has 124 valence electrons. The lowest BCUT2D eigenvalue weighted by Gasteiger charge is -2.19. The lowest BCUT2D eigenvalue weighted by molar-refractivity contribution is -0.117. The van der Waals surface area contributed by atoms with E-state index < -0.39 is 0 Å². The molecule has 0 saturated carbocycles. The molecule has 0 aromatic carbocycles. The summed E-state index contributed by atoms with van der Waals surface area (Å²) < 4.78 is 11.6. The highest BCUT2D eigenvalue weighted by atomic mass is 79.9. The average Bonchev–Trinajstić information content (AvgIpc) is 3.23. The summed E-state index contributed by atoms with van der Waals surface area (Å²) in [6.07, 6.45) is 4.87. The van der Waals surface area contributed by atoms with Crippen molar-refractivity contribution in [3.05, 3.63) is 71.1 Å². The lowest BCUT2D eigenvalue weighted by atomic mass is 10.3. The van der Waals surface area contributed by atoms with Crippen LogP contribution in [0.15, 0.2) is 68.4 Å². The van der Waals surface area contributed by atoms with Crippen molar-refractivity contribution in [2.75, 3.05) is 11.9 Å². The molecule has 0 saturated heterocycles. The number of carbonyl (C=O) groups excluding carboxylic acids is 1. The van der Waals surface area contributed by atoms with E-state index in [0.29, 0.717) is 18.9 Å². The van der Waals surface area contributed by atoms with Crippen molar-refractivity contribution in [3.8, 4) is 0 Å². The number of pyridine rings is 1. The molecule has 24 heavy (non-hydrogen) atoms. The van der Waals surface area contributed by atoms with Crippen molar-refractivity contribution >= 4 is 27.7 Å². The molecule has 0 unspecified atom stereocenters. The molecule has 0 atom stereocenters. The molecule has 0 aliphatic rings. The van der Waals surface area contributed by atoms with Crippen LogP contribution >= 0.6 is 15.9 Å². The van der Waals surface area contributed by atoms with Gasteiger partial charge < -0.3 is 14.2 Å². The first-order valence-corrected chi connectivity index (χ1v) is 8.17. The maximum atomic E-state index is 12.3. The lowest BCUT2D eigenvalue weighted by Crippen LogP contribution is -2.32. The van der Waals surface area contributed by atoms with E-state index in [0.717, 1.165) is 16.0 Å². The molecule has 1 N–H and O–H groups in total. The number of nitrogens with one attached hydrogen (secondary N) is 1. The smallest absolute Gasteiger partial charge is 0.239 e. The number of amides is 1. The first-order valence-electron chi connectivity index (χ1n) is 7.37. The minimum Gasteiger partial charge on any atom is -0.468 e. The van der Waals surface area contributed by atoms with Crippen LogP contribution in [0.4, 0.5) is 5.82 Å². The third-order valence-electron chi connectivity index (χ3n) is 3.28. The number of rotatable bonds is 7. The van der Waals surface area contributed by atoms with Gasteiger partial charge in [-0.25, -0.2) is 4.98 Å². The molecule has 3 aromatic rings. The number of furan rings is 2. The van der Waals surface area contributed by atoms with Gasteiger partial charge in [0.15, 0.2) is 0 Å². The topological polar surface area (TPSA) is 71.5 Å². The summed E-state index contributed by atoms with van der Waals surface area (Å²) in [6, 6.07) is 11.0. The predicted octanol–water partition coefficient (Wildman–Crippen LogP) is 3.67. The van der Waals surface area contributed by atoms with Crippen LogP contribution in [0.2, 0.25) is 0 Å². The molecule has 7 heteroatoms. The van der Waals surface area contributed by atoms with Gasteiger partial charge in [0.2, 0.25) is 5.91 Å². The Morgan fingerprint density at radius 2 is 1.75 bits per heavy atom. The van der Waals surface area contributed by atoms with Gasteiger partial charge in [-0.05, 0) is 52.3 Å². The number of halogens is 1. The highest BCUT2D eigenvalue weighted by Gasteiger charge is 2.15. The summed E-state index contributed by atoms with van der Waals surface area (Å²) in [5, 5.41) is 2.79. The second-order valence-corrected chi connectivity index (χ2v) is 6.13. The molecule has 0 bridgehead atoms. The Balaban J connectivity index is 1.63. The maximum absolute atomic E-state index is 12.3. The van der Waals surface area contributed by atoms with Gasteiger partial charge in [0, 0.05) is 10.7 Å². The molecule has 3 heterocycles. The molecular formula is C17H16BrN3O3. The summed E-state index contributed by atoms with van der Waals surface area (Å²) in [4.78, 5) is 18.4. The van der Waals surface area contributed by atoms with E-state index in [9.17, 15) is 4.79 Å². The van der Waals surface area contributed by atoms with Crippen molar-refractivity contribution in [3.63, 3.8) is 0 Å². The fourth-order valence-electron chi connectivity index (χ4n) is 2.25. The zero-order valence-corrected chi connectivity index (χ0v) is 14.4. The Morgan fingerprint density at radius 3 is 2.25 bits per heavy atom. The fourth-order valence-corrected chi connectivity index (χ4v) is 2.48. The largest absolute Gasteiger partial charge is 0.468 e. The van der Waals surface area contributed by atoms with Gasteiger partial charge in [-0.2, -0.15) is 0 Å². The van der Waals surface area contributed by atoms with E-state index in [4.69, 9.17) is 8.83 Å². The molecular weight excluding hydrogens is 374 g/mol. The molecule has 1 amide bonds. The summed E-state index contributed by atoms with van der Waals surface area (Å²) in [7, 11) is 0. The van der Waals surface area contributed by atoms with Crippen molar-refractivity contribution in [2.45, 2.75) is 13.1 Å². The maximum Gasteiger partial charge on any atom is 0.239 e. The van der Waals surface area contributed by atoms with Gasteiger partial charge in [0.1, 0.15) is 17.3 Å².